The van der Waals surface area contributed by atoms with Gasteiger partial charge in [0.25, 0.3) is 5.56 Å². The van der Waals surface area contributed by atoms with E-state index in [1.54, 1.807) is 75.2 Å². The highest BCUT2D eigenvalue weighted by Gasteiger charge is 2.21. The number of rotatable bonds is 3. The molecule has 152 valence electrons. The summed E-state index contributed by atoms with van der Waals surface area (Å²) in [5, 5.41) is 4.95. The number of halogens is 1. The van der Waals surface area contributed by atoms with E-state index in [9.17, 15) is 14.4 Å². The first-order valence-electron chi connectivity index (χ1n) is 9.27. The summed E-state index contributed by atoms with van der Waals surface area (Å²) in [6.07, 6.45) is 1.66. The molecule has 2 aromatic carbocycles. The van der Waals surface area contributed by atoms with E-state index >= 15 is 0 Å². The van der Waals surface area contributed by atoms with Crippen molar-refractivity contribution in [3.8, 4) is 5.69 Å². The molecule has 0 aliphatic heterocycles. The first kappa shape index (κ1) is 19.8. The van der Waals surface area contributed by atoms with Gasteiger partial charge in [-0.1, -0.05) is 17.7 Å². The van der Waals surface area contributed by atoms with E-state index in [-0.39, 0.29) is 5.78 Å². The minimum Gasteiger partial charge on any atom is -0.296 e. The highest BCUT2D eigenvalue weighted by molar-refractivity contribution is 6.30. The first-order valence-corrected chi connectivity index (χ1v) is 9.64. The molecule has 0 aliphatic rings. The highest BCUT2D eigenvalue weighted by Crippen LogP contribution is 2.22. The summed E-state index contributed by atoms with van der Waals surface area (Å²) in [5.74, 6) is -0.220. The summed E-state index contributed by atoms with van der Waals surface area (Å²) in [6, 6.07) is 9.82. The van der Waals surface area contributed by atoms with Crippen LogP contribution in [0.25, 0.3) is 16.6 Å². The van der Waals surface area contributed by atoms with E-state index < -0.39 is 11.2 Å². The zero-order valence-corrected chi connectivity index (χ0v) is 17.7. The normalized spacial score (nSPS) is 11.2. The molecule has 0 spiro atoms. The van der Waals surface area contributed by atoms with Gasteiger partial charge in [0, 0.05) is 30.9 Å². The number of hydrogen-bond acceptors (Lipinski definition) is 4. The molecule has 0 radical (unpaired) electrons. The lowest BCUT2D eigenvalue weighted by Crippen LogP contribution is -2.38. The summed E-state index contributed by atoms with van der Waals surface area (Å²) in [7, 11) is 3.34. The molecule has 2 heterocycles. The Bertz CT molecular complexity index is 1460. The Balaban J connectivity index is 2.04. The van der Waals surface area contributed by atoms with Crippen LogP contribution in [-0.4, -0.2) is 24.7 Å². The summed E-state index contributed by atoms with van der Waals surface area (Å²) in [5.41, 5.74) is 1.83. The minimum atomic E-state index is -0.495. The zero-order valence-electron chi connectivity index (χ0n) is 16.9. The van der Waals surface area contributed by atoms with Gasteiger partial charge in [-0.25, -0.2) is 9.36 Å². The summed E-state index contributed by atoms with van der Waals surface area (Å²) in [4.78, 5) is 39.5. The maximum Gasteiger partial charge on any atom is 0.335 e. The van der Waals surface area contributed by atoms with Crippen molar-refractivity contribution in [1.29, 1.82) is 0 Å². The van der Waals surface area contributed by atoms with E-state index in [1.807, 2.05) is 0 Å². The molecule has 0 N–H and O–H groups in total. The molecule has 8 heteroatoms. The Morgan fingerprint density at radius 1 is 1.03 bits per heavy atom. The Kier molecular flexibility index (Phi) is 4.70. The third kappa shape index (κ3) is 2.98. The number of fused-ring (bicyclic) bond motifs is 1. The van der Waals surface area contributed by atoms with E-state index in [1.165, 1.54) is 4.57 Å². The molecule has 0 amide bonds. The predicted octanol–water partition coefficient (Wildman–Crippen LogP) is 2.92. The van der Waals surface area contributed by atoms with E-state index in [0.29, 0.717) is 44.0 Å². The average molecular weight is 423 g/mol. The fraction of sp³-hybridized carbons (Fsp3) is 0.182. The lowest BCUT2D eigenvalue weighted by Gasteiger charge is -2.14. The number of aromatic nitrogens is 4. The van der Waals surface area contributed by atoms with Crippen LogP contribution < -0.4 is 11.2 Å². The Morgan fingerprint density at radius 3 is 2.40 bits per heavy atom. The number of benzene rings is 2. The van der Waals surface area contributed by atoms with E-state index in [0.717, 1.165) is 4.57 Å². The smallest absolute Gasteiger partial charge is 0.296 e. The summed E-state index contributed by atoms with van der Waals surface area (Å²) >= 11 is 6.06. The van der Waals surface area contributed by atoms with Gasteiger partial charge in [-0.15, -0.1) is 0 Å². The molecule has 0 atom stereocenters. The number of aryl methyl sites for hydroxylation is 4. The molecule has 0 saturated heterocycles. The van der Waals surface area contributed by atoms with Crippen molar-refractivity contribution in [2.24, 2.45) is 14.1 Å². The second kappa shape index (κ2) is 7.11. The van der Waals surface area contributed by atoms with Gasteiger partial charge in [0.1, 0.15) is 0 Å². The van der Waals surface area contributed by atoms with Crippen molar-refractivity contribution < 1.29 is 4.79 Å². The van der Waals surface area contributed by atoms with Crippen molar-refractivity contribution >= 4 is 28.3 Å². The zero-order chi connectivity index (χ0) is 21.7. The molecule has 0 bridgehead atoms. The van der Waals surface area contributed by atoms with Gasteiger partial charge in [0.2, 0.25) is 0 Å². The van der Waals surface area contributed by atoms with Crippen molar-refractivity contribution in [3.05, 3.63) is 90.8 Å². The molecular formula is C22H19ClN4O3. The van der Waals surface area contributed by atoms with Crippen LogP contribution in [0, 0.1) is 13.8 Å². The van der Waals surface area contributed by atoms with Crippen LogP contribution in [0.3, 0.4) is 0 Å². The molecule has 0 unspecified atom stereocenters. The standard InChI is InChI=1S/C22H19ClN4O3/c1-12-16(20(28)17-11-25(3)24-13(17)2)8-9-18-19(12)21(29)27(22(30)26(18)4)15-7-5-6-14(23)10-15/h5-11H,1-4H3. The third-order valence-corrected chi connectivity index (χ3v) is 5.50. The Hall–Kier alpha value is -3.45. The van der Waals surface area contributed by atoms with Gasteiger partial charge in [-0.05, 0) is 49.7 Å². The van der Waals surface area contributed by atoms with Crippen molar-refractivity contribution in [2.75, 3.05) is 0 Å². The number of hydrogen-bond donors (Lipinski definition) is 0. The van der Waals surface area contributed by atoms with Gasteiger partial charge in [0.05, 0.1) is 27.8 Å². The summed E-state index contributed by atoms with van der Waals surface area (Å²) in [6.45, 7) is 3.48. The van der Waals surface area contributed by atoms with Crippen LogP contribution in [0.1, 0.15) is 27.2 Å². The fourth-order valence-electron chi connectivity index (χ4n) is 3.76. The molecule has 0 fully saturated rings. The van der Waals surface area contributed by atoms with Crippen molar-refractivity contribution in [2.45, 2.75) is 13.8 Å². The Labute approximate surface area is 176 Å². The predicted molar refractivity (Wildman–Crippen MR) is 116 cm³/mol. The monoisotopic (exact) mass is 422 g/mol. The molecular weight excluding hydrogens is 404 g/mol. The highest BCUT2D eigenvalue weighted by atomic mass is 35.5. The lowest BCUT2D eigenvalue weighted by molar-refractivity contribution is 0.103. The molecule has 7 nitrogen and oxygen atoms in total. The van der Waals surface area contributed by atoms with Crippen molar-refractivity contribution in [1.82, 2.24) is 18.9 Å². The van der Waals surface area contributed by atoms with Gasteiger partial charge in [0.15, 0.2) is 5.78 Å². The Morgan fingerprint density at radius 2 is 1.77 bits per heavy atom. The van der Waals surface area contributed by atoms with Crippen LogP contribution in [0.2, 0.25) is 5.02 Å². The van der Waals surface area contributed by atoms with Gasteiger partial charge >= 0.3 is 5.69 Å². The average Bonchev–Trinajstić information content (AvgIpc) is 3.03. The molecule has 0 saturated carbocycles. The largest absolute Gasteiger partial charge is 0.335 e. The molecule has 4 aromatic rings. The molecule has 0 aliphatic carbocycles. The van der Waals surface area contributed by atoms with Gasteiger partial charge in [-0.3, -0.25) is 18.8 Å². The van der Waals surface area contributed by atoms with Crippen LogP contribution in [0.5, 0.6) is 0 Å². The van der Waals surface area contributed by atoms with Crippen LogP contribution >= 0.6 is 11.6 Å². The lowest BCUT2D eigenvalue weighted by atomic mass is 9.96. The second-order valence-electron chi connectivity index (χ2n) is 7.23. The maximum absolute atomic E-state index is 13.4. The quantitative estimate of drug-likeness (QED) is 0.475. The third-order valence-electron chi connectivity index (χ3n) is 5.27. The maximum atomic E-state index is 13.4. The molecule has 30 heavy (non-hydrogen) atoms. The number of carbonyl (C=O) groups excluding carboxylic acids is 1. The number of nitrogens with zero attached hydrogens (tertiary/aromatic N) is 4. The fourth-order valence-corrected chi connectivity index (χ4v) is 3.94. The first-order chi connectivity index (χ1) is 14.2. The number of carbonyl (C=O) groups is 1. The molecule has 2 aromatic heterocycles. The topological polar surface area (TPSA) is 78.9 Å². The molecule has 4 rings (SSSR count). The van der Waals surface area contributed by atoms with Gasteiger partial charge in [-0.2, -0.15) is 5.10 Å². The van der Waals surface area contributed by atoms with Crippen LogP contribution in [0.4, 0.5) is 0 Å². The van der Waals surface area contributed by atoms with E-state index in [4.69, 9.17) is 11.6 Å². The SMILES string of the molecule is Cc1nn(C)cc1C(=O)c1ccc2c(c1C)c(=O)n(-c1cccc(Cl)c1)c(=O)n2C. The van der Waals surface area contributed by atoms with Crippen LogP contribution in [0.15, 0.2) is 52.2 Å². The van der Waals surface area contributed by atoms with Crippen molar-refractivity contribution in [3.63, 3.8) is 0 Å². The number of ketones is 1. The summed E-state index contributed by atoms with van der Waals surface area (Å²) < 4.78 is 4.05. The minimum absolute atomic E-state index is 0.220. The van der Waals surface area contributed by atoms with E-state index in [2.05, 4.69) is 5.10 Å². The van der Waals surface area contributed by atoms with Crippen LogP contribution in [-0.2, 0) is 14.1 Å². The second-order valence-corrected chi connectivity index (χ2v) is 7.66. The van der Waals surface area contributed by atoms with Gasteiger partial charge < -0.3 is 0 Å².